The van der Waals surface area contributed by atoms with Crippen LogP contribution in [0.4, 0.5) is 0 Å². The van der Waals surface area contributed by atoms with Crippen molar-refractivity contribution >= 4 is 21.8 Å². The fraction of sp³-hybridized carbons (Fsp3) is 0.533. The number of rotatable bonds is 4. The van der Waals surface area contributed by atoms with Gasteiger partial charge in [0, 0.05) is 23.6 Å². The molecule has 0 aliphatic carbocycles. The number of benzene rings is 1. The third kappa shape index (κ3) is 3.80. The average Bonchev–Trinajstić information content (AvgIpc) is 2.46. The van der Waals surface area contributed by atoms with Gasteiger partial charge in [-0.2, -0.15) is 0 Å². The molecule has 0 spiro atoms. The van der Waals surface area contributed by atoms with E-state index in [1.54, 1.807) is 0 Å². The van der Waals surface area contributed by atoms with Crippen molar-refractivity contribution in [2.45, 2.75) is 32.2 Å². The van der Waals surface area contributed by atoms with Crippen molar-refractivity contribution < 1.29 is 9.53 Å². The highest BCUT2D eigenvalue weighted by Crippen LogP contribution is 2.26. The predicted octanol–water partition coefficient (Wildman–Crippen LogP) is 3.44. The Bertz CT molecular complexity index is 430. The SMILES string of the molecule is CC[C@H](NC(=O)C1CCOCC1)c1ccccc1Br. The zero-order valence-corrected chi connectivity index (χ0v) is 12.8. The van der Waals surface area contributed by atoms with Crippen LogP contribution >= 0.6 is 15.9 Å². The van der Waals surface area contributed by atoms with Crippen molar-refractivity contribution in [2.24, 2.45) is 5.92 Å². The van der Waals surface area contributed by atoms with Gasteiger partial charge >= 0.3 is 0 Å². The second-order valence-electron chi connectivity index (χ2n) is 4.88. The first-order chi connectivity index (χ1) is 9.22. The van der Waals surface area contributed by atoms with Crippen molar-refractivity contribution in [2.75, 3.05) is 13.2 Å². The van der Waals surface area contributed by atoms with Crippen LogP contribution in [0, 0.1) is 5.92 Å². The van der Waals surface area contributed by atoms with Crippen molar-refractivity contribution in [1.82, 2.24) is 5.32 Å². The summed E-state index contributed by atoms with van der Waals surface area (Å²) >= 11 is 3.55. The molecule has 0 aromatic heterocycles. The summed E-state index contributed by atoms with van der Waals surface area (Å²) in [7, 11) is 0. The van der Waals surface area contributed by atoms with E-state index >= 15 is 0 Å². The van der Waals surface area contributed by atoms with Gasteiger partial charge in [0.2, 0.25) is 5.91 Å². The van der Waals surface area contributed by atoms with Crippen LogP contribution in [0.15, 0.2) is 28.7 Å². The largest absolute Gasteiger partial charge is 0.381 e. The van der Waals surface area contributed by atoms with E-state index in [-0.39, 0.29) is 17.9 Å². The van der Waals surface area contributed by atoms with E-state index in [4.69, 9.17) is 4.74 Å². The molecule has 1 aliphatic heterocycles. The van der Waals surface area contributed by atoms with Crippen molar-refractivity contribution in [1.29, 1.82) is 0 Å². The minimum absolute atomic E-state index is 0.0749. The minimum atomic E-state index is 0.0749. The molecule has 0 unspecified atom stereocenters. The lowest BCUT2D eigenvalue weighted by atomic mass is 9.97. The highest BCUT2D eigenvalue weighted by molar-refractivity contribution is 9.10. The average molecular weight is 326 g/mol. The van der Waals surface area contributed by atoms with Crippen LogP contribution in [0.25, 0.3) is 0 Å². The lowest BCUT2D eigenvalue weighted by molar-refractivity contribution is -0.128. The van der Waals surface area contributed by atoms with Crippen LogP contribution in [0.1, 0.15) is 37.8 Å². The third-order valence-electron chi connectivity index (χ3n) is 3.60. The summed E-state index contributed by atoms with van der Waals surface area (Å²) in [5.41, 5.74) is 1.14. The van der Waals surface area contributed by atoms with Gasteiger partial charge in [0.05, 0.1) is 6.04 Å². The molecule has 0 saturated carbocycles. The number of hydrogen-bond acceptors (Lipinski definition) is 2. The lowest BCUT2D eigenvalue weighted by Crippen LogP contribution is -2.36. The molecule has 19 heavy (non-hydrogen) atoms. The molecule has 1 aromatic rings. The van der Waals surface area contributed by atoms with Gasteiger partial charge in [0.25, 0.3) is 0 Å². The van der Waals surface area contributed by atoms with Gasteiger partial charge in [0.1, 0.15) is 0 Å². The molecule has 3 nitrogen and oxygen atoms in total. The standard InChI is InChI=1S/C15H20BrNO2/c1-2-14(12-5-3-4-6-13(12)16)17-15(18)11-7-9-19-10-8-11/h3-6,11,14H,2,7-10H2,1H3,(H,17,18)/t14-/m0/s1. The molecule has 1 N–H and O–H groups in total. The van der Waals surface area contributed by atoms with E-state index in [1.165, 1.54) is 0 Å². The van der Waals surface area contributed by atoms with Gasteiger partial charge in [-0.25, -0.2) is 0 Å². The molecular weight excluding hydrogens is 306 g/mol. The maximum Gasteiger partial charge on any atom is 0.223 e. The predicted molar refractivity (Wildman–Crippen MR) is 78.9 cm³/mol. The van der Waals surface area contributed by atoms with Crippen LogP contribution < -0.4 is 5.32 Å². The minimum Gasteiger partial charge on any atom is -0.381 e. The van der Waals surface area contributed by atoms with Gasteiger partial charge in [-0.3, -0.25) is 4.79 Å². The van der Waals surface area contributed by atoms with Crippen LogP contribution in [0.5, 0.6) is 0 Å². The van der Waals surface area contributed by atoms with E-state index in [0.29, 0.717) is 13.2 Å². The summed E-state index contributed by atoms with van der Waals surface area (Å²) in [6.45, 7) is 3.49. The molecule has 1 heterocycles. The van der Waals surface area contributed by atoms with E-state index < -0.39 is 0 Å². The number of hydrogen-bond donors (Lipinski definition) is 1. The molecule has 104 valence electrons. The highest BCUT2D eigenvalue weighted by atomic mass is 79.9. The first-order valence-electron chi connectivity index (χ1n) is 6.85. The van der Waals surface area contributed by atoms with Crippen molar-refractivity contribution in [3.8, 4) is 0 Å². The van der Waals surface area contributed by atoms with Crippen LogP contribution in [-0.4, -0.2) is 19.1 Å². The summed E-state index contributed by atoms with van der Waals surface area (Å²) in [5, 5.41) is 3.17. The summed E-state index contributed by atoms with van der Waals surface area (Å²) in [6.07, 6.45) is 2.55. The summed E-state index contributed by atoms with van der Waals surface area (Å²) in [5.74, 6) is 0.260. The Morgan fingerprint density at radius 1 is 1.42 bits per heavy atom. The van der Waals surface area contributed by atoms with E-state index in [2.05, 4.69) is 34.2 Å². The maximum atomic E-state index is 12.3. The zero-order chi connectivity index (χ0) is 13.7. The fourth-order valence-electron chi connectivity index (χ4n) is 2.41. The van der Waals surface area contributed by atoms with E-state index in [9.17, 15) is 4.79 Å². The zero-order valence-electron chi connectivity index (χ0n) is 11.2. The van der Waals surface area contributed by atoms with Crippen LogP contribution in [0.2, 0.25) is 0 Å². The first kappa shape index (κ1) is 14.5. The van der Waals surface area contributed by atoms with Gasteiger partial charge in [-0.15, -0.1) is 0 Å². The number of nitrogens with one attached hydrogen (secondary N) is 1. The van der Waals surface area contributed by atoms with Gasteiger partial charge < -0.3 is 10.1 Å². The Balaban J connectivity index is 2.02. The molecule has 2 rings (SSSR count). The quantitative estimate of drug-likeness (QED) is 0.920. The molecule has 0 radical (unpaired) electrons. The maximum absolute atomic E-state index is 12.3. The summed E-state index contributed by atoms with van der Waals surface area (Å²) in [6, 6.07) is 8.14. The Labute approximate surface area is 122 Å². The Morgan fingerprint density at radius 2 is 2.11 bits per heavy atom. The van der Waals surface area contributed by atoms with Crippen molar-refractivity contribution in [3.63, 3.8) is 0 Å². The van der Waals surface area contributed by atoms with Gasteiger partial charge in [-0.1, -0.05) is 41.1 Å². The molecule has 4 heteroatoms. The van der Waals surface area contributed by atoms with Crippen LogP contribution in [-0.2, 0) is 9.53 Å². The van der Waals surface area contributed by atoms with Gasteiger partial charge in [0.15, 0.2) is 0 Å². The molecule has 1 atom stereocenters. The van der Waals surface area contributed by atoms with Crippen molar-refractivity contribution in [3.05, 3.63) is 34.3 Å². The number of ether oxygens (including phenoxy) is 1. The summed E-state index contributed by atoms with van der Waals surface area (Å²) in [4.78, 5) is 12.3. The topological polar surface area (TPSA) is 38.3 Å². The lowest BCUT2D eigenvalue weighted by Gasteiger charge is -2.25. The van der Waals surface area contributed by atoms with E-state index in [1.807, 2.05) is 18.2 Å². The molecular formula is C15H20BrNO2. The molecule has 1 fully saturated rings. The molecule has 1 aliphatic rings. The first-order valence-corrected chi connectivity index (χ1v) is 7.64. The molecule has 1 aromatic carbocycles. The number of carbonyl (C=O) groups excluding carboxylic acids is 1. The van der Waals surface area contributed by atoms with Gasteiger partial charge in [-0.05, 0) is 30.9 Å². The number of carbonyl (C=O) groups is 1. The Kier molecular flexibility index (Phi) is 5.40. The molecule has 1 amide bonds. The highest BCUT2D eigenvalue weighted by Gasteiger charge is 2.24. The number of halogens is 1. The van der Waals surface area contributed by atoms with Crippen LogP contribution in [0.3, 0.4) is 0 Å². The third-order valence-corrected chi connectivity index (χ3v) is 4.32. The molecule has 0 bridgehead atoms. The number of amides is 1. The second-order valence-corrected chi connectivity index (χ2v) is 5.73. The fourth-order valence-corrected chi connectivity index (χ4v) is 2.97. The Morgan fingerprint density at radius 3 is 2.74 bits per heavy atom. The smallest absolute Gasteiger partial charge is 0.223 e. The molecule has 1 saturated heterocycles. The summed E-state index contributed by atoms with van der Waals surface area (Å²) < 4.78 is 6.35. The Hall–Kier alpha value is -0.870. The monoisotopic (exact) mass is 325 g/mol. The van der Waals surface area contributed by atoms with E-state index in [0.717, 1.165) is 29.3 Å². The second kappa shape index (κ2) is 7.06. The normalized spacial score (nSPS) is 18.0.